The Labute approximate surface area is 128 Å². The predicted molar refractivity (Wildman–Crippen MR) is 76.3 cm³/mol. The number of halogens is 3. The highest BCUT2D eigenvalue weighted by Crippen LogP contribution is 2.38. The van der Waals surface area contributed by atoms with E-state index in [4.69, 9.17) is 4.74 Å². The summed E-state index contributed by atoms with van der Waals surface area (Å²) in [7, 11) is 0. The quantitative estimate of drug-likeness (QED) is 0.829. The molecule has 0 saturated carbocycles. The molecule has 0 aromatic carbocycles. The zero-order valence-corrected chi connectivity index (χ0v) is 13.1. The molecule has 7 heteroatoms. The maximum absolute atomic E-state index is 13.5. The fourth-order valence-corrected chi connectivity index (χ4v) is 1.98. The smallest absolute Gasteiger partial charge is 0.413 e. The SMILES string of the molecule is CCCN(C(=O)OC(C)(C)C)C(c1ccncc1)C(F)(F)F. The Hall–Kier alpha value is -1.79. The Morgan fingerprint density at radius 2 is 1.82 bits per heavy atom. The summed E-state index contributed by atoms with van der Waals surface area (Å²) in [5, 5.41) is 0. The number of alkyl halides is 3. The van der Waals surface area contributed by atoms with Crippen molar-refractivity contribution in [1.82, 2.24) is 9.88 Å². The normalized spacial score (nSPS) is 13.6. The van der Waals surface area contributed by atoms with Gasteiger partial charge in [-0.2, -0.15) is 13.2 Å². The molecule has 0 bridgehead atoms. The van der Waals surface area contributed by atoms with E-state index in [9.17, 15) is 18.0 Å². The monoisotopic (exact) mass is 318 g/mol. The third-order valence-corrected chi connectivity index (χ3v) is 2.74. The van der Waals surface area contributed by atoms with E-state index in [0.717, 1.165) is 4.90 Å². The van der Waals surface area contributed by atoms with Gasteiger partial charge in [0, 0.05) is 18.9 Å². The average molecular weight is 318 g/mol. The minimum absolute atomic E-state index is 0.0400. The molecule has 0 spiro atoms. The molecule has 0 aliphatic carbocycles. The van der Waals surface area contributed by atoms with Crippen molar-refractivity contribution >= 4 is 6.09 Å². The van der Waals surface area contributed by atoms with Crippen molar-refractivity contribution in [2.45, 2.75) is 51.9 Å². The third kappa shape index (κ3) is 5.20. The van der Waals surface area contributed by atoms with Crippen molar-refractivity contribution in [3.63, 3.8) is 0 Å². The Morgan fingerprint density at radius 3 is 2.23 bits per heavy atom. The molecule has 1 atom stereocenters. The molecule has 0 aliphatic rings. The van der Waals surface area contributed by atoms with Crippen LogP contribution >= 0.6 is 0 Å². The number of pyridine rings is 1. The van der Waals surface area contributed by atoms with Crippen LogP contribution in [0.25, 0.3) is 0 Å². The standard InChI is InChI=1S/C15H21F3N2O2/c1-5-10-20(13(21)22-14(2,3)4)12(15(16,17)18)11-6-8-19-9-7-11/h6-9,12H,5,10H2,1-4H3. The summed E-state index contributed by atoms with van der Waals surface area (Å²) in [6.45, 7) is 6.50. The highest BCUT2D eigenvalue weighted by Gasteiger charge is 2.47. The lowest BCUT2D eigenvalue weighted by Crippen LogP contribution is -2.45. The molecule has 1 heterocycles. The second kappa shape index (κ2) is 6.98. The molecule has 0 fully saturated rings. The van der Waals surface area contributed by atoms with Gasteiger partial charge in [0.05, 0.1) is 0 Å². The highest BCUT2D eigenvalue weighted by molar-refractivity contribution is 5.69. The Morgan fingerprint density at radius 1 is 1.27 bits per heavy atom. The van der Waals surface area contributed by atoms with Crippen molar-refractivity contribution in [3.8, 4) is 0 Å². The van der Waals surface area contributed by atoms with Gasteiger partial charge in [-0.25, -0.2) is 4.79 Å². The number of carbonyl (C=O) groups is 1. The minimum atomic E-state index is -4.60. The molecule has 1 aromatic heterocycles. The van der Waals surface area contributed by atoms with E-state index < -0.39 is 23.9 Å². The van der Waals surface area contributed by atoms with E-state index in [0.29, 0.717) is 6.42 Å². The highest BCUT2D eigenvalue weighted by atomic mass is 19.4. The van der Waals surface area contributed by atoms with Gasteiger partial charge in [-0.1, -0.05) is 6.92 Å². The van der Waals surface area contributed by atoms with Gasteiger partial charge in [-0.05, 0) is 44.9 Å². The molecule has 1 rings (SSSR count). The average Bonchev–Trinajstić information content (AvgIpc) is 2.35. The topological polar surface area (TPSA) is 42.4 Å². The van der Waals surface area contributed by atoms with Crippen LogP contribution in [0.1, 0.15) is 45.7 Å². The van der Waals surface area contributed by atoms with E-state index in [2.05, 4.69) is 4.98 Å². The van der Waals surface area contributed by atoms with Crippen LogP contribution in [0.15, 0.2) is 24.5 Å². The molecule has 124 valence electrons. The maximum Gasteiger partial charge on any atom is 0.413 e. The first-order valence-electron chi connectivity index (χ1n) is 7.02. The van der Waals surface area contributed by atoms with Crippen LogP contribution in [0.4, 0.5) is 18.0 Å². The maximum atomic E-state index is 13.5. The number of carbonyl (C=O) groups excluding carboxylic acids is 1. The van der Waals surface area contributed by atoms with Crippen LogP contribution < -0.4 is 0 Å². The summed E-state index contributed by atoms with van der Waals surface area (Å²) in [6, 6.07) is 0.460. The molecule has 0 aliphatic heterocycles. The fraction of sp³-hybridized carbons (Fsp3) is 0.600. The first-order valence-corrected chi connectivity index (χ1v) is 7.02. The van der Waals surface area contributed by atoms with Gasteiger partial charge < -0.3 is 4.74 Å². The number of ether oxygens (including phenoxy) is 1. The molecule has 1 amide bonds. The van der Waals surface area contributed by atoms with Crippen LogP contribution in [-0.4, -0.2) is 34.3 Å². The lowest BCUT2D eigenvalue weighted by atomic mass is 10.1. The second-order valence-electron chi connectivity index (χ2n) is 5.90. The van der Waals surface area contributed by atoms with E-state index in [1.54, 1.807) is 27.7 Å². The van der Waals surface area contributed by atoms with Crippen LogP contribution in [0.3, 0.4) is 0 Å². The van der Waals surface area contributed by atoms with E-state index >= 15 is 0 Å². The number of amides is 1. The second-order valence-corrected chi connectivity index (χ2v) is 5.90. The van der Waals surface area contributed by atoms with Crippen molar-refractivity contribution in [2.24, 2.45) is 0 Å². The lowest BCUT2D eigenvalue weighted by Gasteiger charge is -2.34. The number of rotatable bonds is 4. The third-order valence-electron chi connectivity index (χ3n) is 2.74. The van der Waals surface area contributed by atoms with Gasteiger partial charge in [0.2, 0.25) is 0 Å². The van der Waals surface area contributed by atoms with Gasteiger partial charge in [0.1, 0.15) is 5.60 Å². The molecule has 0 radical (unpaired) electrons. The number of aromatic nitrogens is 1. The minimum Gasteiger partial charge on any atom is -0.444 e. The summed E-state index contributed by atoms with van der Waals surface area (Å²) in [5.74, 6) is 0. The Kier molecular flexibility index (Phi) is 5.79. The molecule has 4 nitrogen and oxygen atoms in total. The molecule has 0 saturated heterocycles. The zero-order valence-electron chi connectivity index (χ0n) is 13.1. The predicted octanol–water partition coefficient (Wildman–Crippen LogP) is 4.33. The van der Waals surface area contributed by atoms with Crippen LogP contribution in [0, 0.1) is 0 Å². The summed E-state index contributed by atoms with van der Waals surface area (Å²) < 4.78 is 45.6. The molecular formula is C15H21F3N2O2. The molecule has 0 N–H and O–H groups in total. The molecule has 1 unspecified atom stereocenters. The lowest BCUT2D eigenvalue weighted by molar-refractivity contribution is -0.183. The van der Waals surface area contributed by atoms with Crippen molar-refractivity contribution in [2.75, 3.05) is 6.54 Å². The summed E-state index contributed by atoms with van der Waals surface area (Å²) >= 11 is 0. The molecular weight excluding hydrogens is 297 g/mol. The van der Waals surface area contributed by atoms with Gasteiger partial charge in [0.25, 0.3) is 0 Å². The zero-order chi connectivity index (χ0) is 17.0. The van der Waals surface area contributed by atoms with E-state index in [1.807, 2.05) is 0 Å². The van der Waals surface area contributed by atoms with E-state index in [-0.39, 0.29) is 12.1 Å². The number of nitrogens with zero attached hydrogens (tertiary/aromatic N) is 2. The first-order chi connectivity index (χ1) is 10.1. The van der Waals surface area contributed by atoms with Crippen LogP contribution in [0.2, 0.25) is 0 Å². The van der Waals surface area contributed by atoms with Gasteiger partial charge in [0.15, 0.2) is 6.04 Å². The Bertz CT molecular complexity index is 484. The van der Waals surface area contributed by atoms with E-state index in [1.165, 1.54) is 24.5 Å². The fourth-order valence-electron chi connectivity index (χ4n) is 1.98. The van der Waals surface area contributed by atoms with Gasteiger partial charge >= 0.3 is 12.3 Å². The molecule has 1 aromatic rings. The van der Waals surface area contributed by atoms with Crippen molar-refractivity contribution in [3.05, 3.63) is 30.1 Å². The first kappa shape index (κ1) is 18.3. The Balaban J connectivity index is 3.19. The summed E-state index contributed by atoms with van der Waals surface area (Å²) in [5.41, 5.74) is -0.904. The largest absolute Gasteiger partial charge is 0.444 e. The van der Waals surface area contributed by atoms with Crippen molar-refractivity contribution < 1.29 is 22.7 Å². The molecule has 22 heavy (non-hydrogen) atoms. The van der Waals surface area contributed by atoms with Crippen molar-refractivity contribution in [1.29, 1.82) is 0 Å². The summed E-state index contributed by atoms with van der Waals surface area (Å²) in [6.07, 6.45) is -2.65. The van der Waals surface area contributed by atoms with Gasteiger partial charge in [-0.15, -0.1) is 0 Å². The van der Waals surface area contributed by atoms with Crippen LogP contribution in [-0.2, 0) is 4.74 Å². The number of hydrogen-bond donors (Lipinski definition) is 0. The van der Waals surface area contributed by atoms with Gasteiger partial charge in [-0.3, -0.25) is 9.88 Å². The van der Waals surface area contributed by atoms with Crippen LogP contribution in [0.5, 0.6) is 0 Å². The number of hydrogen-bond acceptors (Lipinski definition) is 3. The summed E-state index contributed by atoms with van der Waals surface area (Å²) in [4.78, 5) is 16.6.